The molecule has 0 bridgehead atoms. The summed E-state index contributed by atoms with van der Waals surface area (Å²) in [7, 11) is 1.55. The van der Waals surface area contributed by atoms with Gasteiger partial charge in [0, 0.05) is 31.1 Å². The van der Waals surface area contributed by atoms with E-state index in [2.05, 4.69) is 26.6 Å². The summed E-state index contributed by atoms with van der Waals surface area (Å²) in [6.07, 6.45) is 0.328. The molecule has 19 heavy (non-hydrogen) atoms. The van der Waals surface area contributed by atoms with E-state index in [-0.39, 0.29) is 11.8 Å². The molecule has 2 amide bonds. The lowest BCUT2D eigenvalue weighted by Crippen LogP contribution is -2.35. The van der Waals surface area contributed by atoms with Gasteiger partial charge in [0.2, 0.25) is 5.91 Å². The standard InChI is InChI=1S/C13H17BrN2O3/c1-19-9-6-12(17)15-7-8-16-13(18)10-4-2-3-5-11(10)14/h2-5H,6-9H2,1H3,(H,15,17)(H,16,18). The Morgan fingerprint density at radius 3 is 2.58 bits per heavy atom. The average Bonchev–Trinajstić information content (AvgIpc) is 2.41. The van der Waals surface area contributed by atoms with Crippen molar-refractivity contribution in [3.63, 3.8) is 0 Å². The zero-order chi connectivity index (χ0) is 14.1. The monoisotopic (exact) mass is 328 g/mol. The number of hydrogen-bond acceptors (Lipinski definition) is 3. The normalized spacial score (nSPS) is 10.0. The molecular weight excluding hydrogens is 312 g/mol. The zero-order valence-corrected chi connectivity index (χ0v) is 12.3. The number of rotatable bonds is 7. The van der Waals surface area contributed by atoms with E-state index >= 15 is 0 Å². The predicted octanol–water partition coefficient (Wildman–Crippen LogP) is 1.33. The molecule has 0 radical (unpaired) electrons. The van der Waals surface area contributed by atoms with Gasteiger partial charge in [-0.2, -0.15) is 0 Å². The van der Waals surface area contributed by atoms with Gasteiger partial charge in [0.05, 0.1) is 12.2 Å². The number of carbonyl (C=O) groups excluding carboxylic acids is 2. The van der Waals surface area contributed by atoms with E-state index in [0.717, 1.165) is 4.47 Å². The van der Waals surface area contributed by atoms with Gasteiger partial charge in [-0.25, -0.2) is 0 Å². The summed E-state index contributed by atoms with van der Waals surface area (Å²) in [5.41, 5.74) is 0.577. The Morgan fingerprint density at radius 2 is 1.89 bits per heavy atom. The third-order valence-electron chi connectivity index (χ3n) is 2.38. The van der Waals surface area contributed by atoms with E-state index in [9.17, 15) is 9.59 Å². The zero-order valence-electron chi connectivity index (χ0n) is 10.7. The molecule has 0 aliphatic heterocycles. The quantitative estimate of drug-likeness (QED) is 0.742. The molecule has 0 unspecified atom stereocenters. The van der Waals surface area contributed by atoms with Crippen LogP contribution in [0.2, 0.25) is 0 Å². The second-order valence-corrected chi connectivity index (χ2v) is 4.68. The van der Waals surface area contributed by atoms with Crippen molar-refractivity contribution < 1.29 is 14.3 Å². The summed E-state index contributed by atoms with van der Waals surface area (Å²) >= 11 is 3.31. The van der Waals surface area contributed by atoms with Crippen LogP contribution in [0.5, 0.6) is 0 Å². The van der Waals surface area contributed by atoms with Gasteiger partial charge in [0.1, 0.15) is 0 Å². The molecule has 1 rings (SSSR count). The van der Waals surface area contributed by atoms with Gasteiger partial charge in [-0.05, 0) is 28.1 Å². The number of hydrogen-bond donors (Lipinski definition) is 2. The van der Waals surface area contributed by atoms with E-state index in [1.54, 1.807) is 25.3 Å². The van der Waals surface area contributed by atoms with Crippen LogP contribution in [0.4, 0.5) is 0 Å². The fourth-order valence-corrected chi connectivity index (χ4v) is 1.87. The number of carbonyl (C=O) groups is 2. The summed E-state index contributed by atoms with van der Waals surface area (Å²) in [6.45, 7) is 1.19. The van der Waals surface area contributed by atoms with E-state index in [0.29, 0.717) is 31.7 Å². The molecule has 5 nitrogen and oxygen atoms in total. The van der Waals surface area contributed by atoms with Crippen molar-refractivity contribution in [3.8, 4) is 0 Å². The first-order chi connectivity index (χ1) is 9.15. The molecule has 0 heterocycles. The molecule has 0 aliphatic carbocycles. The predicted molar refractivity (Wildman–Crippen MR) is 76.0 cm³/mol. The Bertz CT molecular complexity index is 438. The molecule has 0 fully saturated rings. The lowest BCUT2D eigenvalue weighted by Gasteiger charge is -2.08. The Morgan fingerprint density at radius 1 is 1.21 bits per heavy atom. The fraction of sp³-hybridized carbons (Fsp3) is 0.385. The molecule has 104 valence electrons. The van der Waals surface area contributed by atoms with Gasteiger partial charge in [0.25, 0.3) is 5.91 Å². The minimum atomic E-state index is -0.168. The SMILES string of the molecule is COCCC(=O)NCCNC(=O)c1ccccc1Br. The molecule has 2 N–H and O–H groups in total. The maximum atomic E-state index is 11.8. The van der Waals surface area contributed by atoms with Crippen molar-refractivity contribution in [2.45, 2.75) is 6.42 Å². The molecule has 1 aromatic rings. The molecule has 1 aromatic carbocycles. The highest BCUT2D eigenvalue weighted by atomic mass is 79.9. The molecule has 0 saturated heterocycles. The lowest BCUT2D eigenvalue weighted by atomic mass is 10.2. The van der Waals surface area contributed by atoms with E-state index < -0.39 is 0 Å². The average molecular weight is 329 g/mol. The first kappa shape index (κ1) is 15.7. The maximum absolute atomic E-state index is 11.8. The van der Waals surface area contributed by atoms with Crippen molar-refractivity contribution in [3.05, 3.63) is 34.3 Å². The molecular formula is C13H17BrN2O3. The van der Waals surface area contributed by atoms with Crippen molar-refractivity contribution in [2.24, 2.45) is 0 Å². The molecule has 0 aromatic heterocycles. The number of methoxy groups -OCH3 is 1. The molecule has 0 spiro atoms. The highest BCUT2D eigenvalue weighted by molar-refractivity contribution is 9.10. The van der Waals surface area contributed by atoms with Crippen molar-refractivity contribution >= 4 is 27.7 Å². The van der Waals surface area contributed by atoms with E-state index in [1.165, 1.54) is 0 Å². The largest absolute Gasteiger partial charge is 0.384 e. The third-order valence-corrected chi connectivity index (χ3v) is 3.08. The topological polar surface area (TPSA) is 67.4 Å². The first-order valence-corrected chi connectivity index (χ1v) is 6.73. The summed E-state index contributed by atoms with van der Waals surface area (Å²) in [4.78, 5) is 23.1. The van der Waals surface area contributed by atoms with Crippen LogP contribution in [0.3, 0.4) is 0 Å². The van der Waals surface area contributed by atoms with E-state index in [4.69, 9.17) is 4.74 Å². The second kappa shape index (κ2) is 8.66. The number of halogens is 1. The van der Waals surface area contributed by atoms with Crippen LogP contribution >= 0.6 is 15.9 Å². The van der Waals surface area contributed by atoms with Crippen molar-refractivity contribution in [2.75, 3.05) is 26.8 Å². The molecule has 0 atom stereocenters. The van der Waals surface area contributed by atoms with Crippen LogP contribution in [0, 0.1) is 0 Å². The maximum Gasteiger partial charge on any atom is 0.252 e. The minimum absolute atomic E-state index is 0.0861. The second-order valence-electron chi connectivity index (χ2n) is 3.83. The van der Waals surface area contributed by atoms with Crippen LogP contribution in [0.25, 0.3) is 0 Å². The van der Waals surface area contributed by atoms with Gasteiger partial charge in [-0.3, -0.25) is 9.59 Å². The fourth-order valence-electron chi connectivity index (χ4n) is 1.40. The Balaban J connectivity index is 2.25. The van der Waals surface area contributed by atoms with Crippen LogP contribution in [0.15, 0.2) is 28.7 Å². The van der Waals surface area contributed by atoms with Gasteiger partial charge < -0.3 is 15.4 Å². The highest BCUT2D eigenvalue weighted by Gasteiger charge is 2.08. The summed E-state index contributed by atoms with van der Waals surface area (Å²) in [5, 5.41) is 5.43. The third kappa shape index (κ3) is 5.85. The van der Waals surface area contributed by atoms with Crippen LogP contribution in [0.1, 0.15) is 16.8 Å². The number of benzene rings is 1. The van der Waals surface area contributed by atoms with Crippen molar-refractivity contribution in [1.29, 1.82) is 0 Å². The summed E-state index contributed by atoms with van der Waals surface area (Å²) in [6, 6.07) is 7.18. The molecule has 0 saturated carbocycles. The van der Waals surface area contributed by atoms with Gasteiger partial charge >= 0.3 is 0 Å². The smallest absolute Gasteiger partial charge is 0.252 e. The number of amides is 2. The van der Waals surface area contributed by atoms with Crippen molar-refractivity contribution in [1.82, 2.24) is 10.6 Å². The summed E-state index contributed by atoms with van der Waals surface area (Å²) < 4.78 is 5.54. The van der Waals surface area contributed by atoms with Crippen LogP contribution in [-0.2, 0) is 9.53 Å². The number of ether oxygens (including phenoxy) is 1. The van der Waals surface area contributed by atoms with Gasteiger partial charge in [-0.1, -0.05) is 12.1 Å². The Labute approximate surface area is 120 Å². The van der Waals surface area contributed by atoms with Gasteiger partial charge in [-0.15, -0.1) is 0 Å². The summed E-state index contributed by atoms with van der Waals surface area (Å²) in [5.74, 6) is -0.254. The van der Waals surface area contributed by atoms with E-state index in [1.807, 2.05) is 6.07 Å². The molecule has 6 heteroatoms. The number of nitrogens with one attached hydrogen (secondary N) is 2. The van der Waals surface area contributed by atoms with Crippen LogP contribution in [-0.4, -0.2) is 38.6 Å². The highest BCUT2D eigenvalue weighted by Crippen LogP contribution is 2.15. The minimum Gasteiger partial charge on any atom is -0.384 e. The lowest BCUT2D eigenvalue weighted by molar-refractivity contribution is -0.121. The van der Waals surface area contributed by atoms with Gasteiger partial charge in [0.15, 0.2) is 0 Å². The molecule has 0 aliphatic rings. The Hall–Kier alpha value is -1.40. The first-order valence-electron chi connectivity index (χ1n) is 5.93. The van der Waals surface area contributed by atoms with Crippen LogP contribution < -0.4 is 10.6 Å². The Kier molecular flexibility index (Phi) is 7.14.